The molecule has 1 saturated heterocycles. The number of benzene rings is 1. The molecule has 4 nitrogen and oxygen atoms in total. The van der Waals surface area contributed by atoms with Crippen LogP contribution in [0.4, 0.5) is 0 Å². The molecule has 1 aromatic carbocycles. The summed E-state index contributed by atoms with van der Waals surface area (Å²) >= 11 is 9.13. The fourth-order valence-electron chi connectivity index (χ4n) is 1.91. The van der Waals surface area contributed by atoms with Crippen molar-refractivity contribution in [2.75, 3.05) is 13.1 Å². The summed E-state index contributed by atoms with van der Waals surface area (Å²) in [5.41, 5.74) is 0. The molecule has 0 spiro atoms. The first kappa shape index (κ1) is 14.3. The van der Waals surface area contributed by atoms with E-state index >= 15 is 0 Å². The number of sulfonamides is 1. The summed E-state index contributed by atoms with van der Waals surface area (Å²) < 4.78 is 27.6. The summed E-state index contributed by atoms with van der Waals surface area (Å²) in [4.78, 5) is 0.188. The lowest BCUT2D eigenvalue weighted by atomic mass is 10.1. The highest BCUT2D eigenvalue weighted by atomic mass is 79.9. The molecule has 1 aliphatic rings. The summed E-state index contributed by atoms with van der Waals surface area (Å²) in [6.07, 6.45) is 1.61. The standard InChI is InChI=1S/C11H14BrClN2O2S/c12-11-9(13)2-1-3-10(11)18(16,17)15-8-4-6-14-7-5-8/h1-3,8,14-15H,4-7H2. The van der Waals surface area contributed by atoms with Crippen molar-refractivity contribution in [3.8, 4) is 0 Å². The lowest BCUT2D eigenvalue weighted by Crippen LogP contribution is -2.42. The molecule has 0 unspecified atom stereocenters. The highest BCUT2D eigenvalue weighted by molar-refractivity contribution is 9.10. The second-order valence-electron chi connectivity index (χ2n) is 4.20. The molecule has 0 bridgehead atoms. The van der Waals surface area contributed by atoms with Gasteiger partial charge in [0.15, 0.2) is 0 Å². The molecule has 7 heteroatoms. The van der Waals surface area contributed by atoms with Crippen LogP contribution in [0.5, 0.6) is 0 Å². The molecule has 0 atom stereocenters. The van der Waals surface area contributed by atoms with Crippen molar-refractivity contribution in [2.24, 2.45) is 0 Å². The zero-order chi connectivity index (χ0) is 13.2. The first-order chi connectivity index (χ1) is 8.50. The van der Waals surface area contributed by atoms with E-state index < -0.39 is 10.0 Å². The van der Waals surface area contributed by atoms with Crippen molar-refractivity contribution in [3.63, 3.8) is 0 Å². The zero-order valence-electron chi connectivity index (χ0n) is 9.62. The molecule has 1 fully saturated rings. The van der Waals surface area contributed by atoms with E-state index in [1.807, 2.05) is 0 Å². The summed E-state index contributed by atoms with van der Waals surface area (Å²) in [6, 6.07) is 4.81. The van der Waals surface area contributed by atoms with Crippen LogP contribution in [0.25, 0.3) is 0 Å². The second-order valence-corrected chi connectivity index (χ2v) is 7.08. The maximum atomic E-state index is 12.3. The number of rotatable bonds is 3. The molecule has 2 rings (SSSR count). The predicted octanol–water partition coefficient (Wildman–Crippen LogP) is 2.13. The van der Waals surface area contributed by atoms with Crippen LogP contribution in [0.3, 0.4) is 0 Å². The third kappa shape index (κ3) is 3.24. The molecular weight excluding hydrogens is 340 g/mol. The molecule has 0 aliphatic carbocycles. The number of hydrogen-bond donors (Lipinski definition) is 2. The largest absolute Gasteiger partial charge is 0.317 e. The first-order valence-corrected chi connectivity index (χ1v) is 8.33. The van der Waals surface area contributed by atoms with Gasteiger partial charge in [0, 0.05) is 6.04 Å². The molecule has 1 aromatic rings. The second kappa shape index (κ2) is 5.88. The molecular formula is C11H14BrClN2O2S. The Hall–Kier alpha value is -0.140. The van der Waals surface area contributed by atoms with Crippen LogP contribution < -0.4 is 10.0 Å². The number of halogens is 2. The van der Waals surface area contributed by atoms with Crippen molar-refractivity contribution in [2.45, 2.75) is 23.8 Å². The van der Waals surface area contributed by atoms with Gasteiger partial charge in [-0.25, -0.2) is 13.1 Å². The van der Waals surface area contributed by atoms with Gasteiger partial charge in [0.05, 0.1) is 14.4 Å². The van der Waals surface area contributed by atoms with Crippen LogP contribution in [0.2, 0.25) is 5.02 Å². The van der Waals surface area contributed by atoms with E-state index in [0.29, 0.717) is 9.50 Å². The molecule has 1 heterocycles. The normalized spacial score (nSPS) is 17.9. The Morgan fingerprint density at radius 2 is 2.00 bits per heavy atom. The van der Waals surface area contributed by atoms with Gasteiger partial charge in [-0.3, -0.25) is 0 Å². The predicted molar refractivity (Wildman–Crippen MR) is 75.4 cm³/mol. The van der Waals surface area contributed by atoms with Crippen molar-refractivity contribution in [1.82, 2.24) is 10.0 Å². The third-order valence-corrected chi connectivity index (χ3v) is 6.09. The number of nitrogens with one attached hydrogen (secondary N) is 2. The lowest BCUT2D eigenvalue weighted by molar-refractivity contribution is 0.427. The van der Waals surface area contributed by atoms with Gasteiger partial charge in [0.2, 0.25) is 10.0 Å². The Balaban J connectivity index is 2.22. The molecule has 1 aliphatic heterocycles. The van der Waals surface area contributed by atoms with Gasteiger partial charge in [-0.15, -0.1) is 0 Å². The fraction of sp³-hybridized carbons (Fsp3) is 0.455. The average molecular weight is 354 g/mol. The topological polar surface area (TPSA) is 58.2 Å². The maximum absolute atomic E-state index is 12.3. The van der Waals surface area contributed by atoms with Crippen LogP contribution in [-0.2, 0) is 10.0 Å². The minimum absolute atomic E-state index is 0.0119. The number of hydrogen-bond acceptors (Lipinski definition) is 3. The van der Waals surface area contributed by atoms with E-state index in [2.05, 4.69) is 26.0 Å². The Morgan fingerprint density at radius 1 is 1.33 bits per heavy atom. The average Bonchev–Trinajstić information content (AvgIpc) is 2.33. The van der Waals surface area contributed by atoms with Crippen molar-refractivity contribution >= 4 is 37.6 Å². The Kier molecular flexibility index (Phi) is 4.66. The Morgan fingerprint density at radius 3 is 2.67 bits per heavy atom. The van der Waals surface area contributed by atoms with E-state index in [9.17, 15) is 8.42 Å². The molecule has 0 aromatic heterocycles. The van der Waals surface area contributed by atoms with Crippen LogP contribution in [-0.4, -0.2) is 27.5 Å². The summed E-state index contributed by atoms with van der Waals surface area (Å²) in [7, 11) is -3.52. The quantitative estimate of drug-likeness (QED) is 0.875. The minimum atomic E-state index is -3.52. The van der Waals surface area contributed by atoms with Crippen molar-refractivity contribution < 1.29 is 8.42 Å². The Labute approximate surface area is 120 Å². The van der Waals surface area contributed by atoms with Gasteiger partial charge in [0.25, 0.3) is 0 Å². The van der Waals surface area contributed by atoms with E-state index in [1.165, 1.54) is 0 Å². The summed E-state index contributed by atoms with van der Waals surface area (Å²) in [5.74, 6) is 0. The van der Waals surface area contributed by atoms with E-state index in [4.69, 9.17) is 11.6 Å². The Bertz CT molecular complexity index is 530. The molecule has 0 radical (unpaired) electrons. The number of piperidine rings is 1. The van der Waals surface area contributed by atoms with Crippen molar-refractivity contribution in [3.05, 3.63) is 27.7 Å². The summed E-state index contributed by atoms with van der Waals surface area (Å²) in [6.45, 7) is 1.67. The third-order valence-electron chi connectivity index (χ3n) is 2.87. The molecule has 18 heavy (non-hydrogen) atoms. The van der Waals surface area contributed by atoms with Crippen LogP contribution in [0.1, 0.15) is 12.8 Å². The molecule has 100 valence electrons. The van der Waals surface area contributed by atoms with Crippen LogP contribution >= 0.6 is 27.5 Å². The van der Waals surface area contributed by atoms with Crippen molar-refractivity contribution in [1.29, 1.82) is 0 Å². The van der Waals surface area contributed by atoms with Gasteiger partial charge in [0.1, 0.15) is 0 Å². The molecule has 2 N–H and O–H groups in total. The molecule has 0 saturated carbocycles. The molecule has 0 amide bonds. The van der Waals surface area contributed by atoms with Gasteiger partial charge in [-0.05, 0) is 54.0 Å². The van der Waals surface area contributed by atoms with E-state index in [1.54, 1.807) is 18.2 Å². The van der Waals surface area contributed by atoms with Crippen LogP contribution in [0.15, 0.2) is 27.6 Å². The zero-order valence-corrected chi connectivity index (χ0v) is 12.8. The van der Waals surface area contributed by atoms with E-state index in [0.717, 1.165) is 25.9 Å². The van der Waals surface area contributed by atoms with E-state index in [-0.39, 0.29) is 10.9 Å². The lowest BCUT2D eigenvalue weighted by Gasteiger charge is -2.23. The monoisotopic (exact) mass is 352 g/mol. The minimum Gasteiger partial charge on any atom is -0.317 e. The highest BCUT2D eigenvalue weighted by Gasteiger charge is 2.24. The first-order valence-electron chi connectivity index (χ1n) is 5.68. The summed E-state index contributed by atoms with van der Waals surface area (Å²) in [5, 5.41) is 3.59. The fourth-order valence-corrected chi connectivity index (χ4v) is 4.45. The smallest absolute Gasteiger partial charge is 0.241 e. The van der Waals surface area contributed by atoms with Gasteiger partial charge in [-0.2, -0.15) is 0 Å². The van der Waals surface area contributed by atoms with Gasteiger partial charge >= 0.3 is 0 Å². The maximum Gasteiger partial charge on any atom is 0.241 e. The van der Waals surface area contributed by atoms with Gasteiger partial charge < -0.3 is 5.32 Å². The SMILES string of the molecule is O=S(=O)(NC1CCNCC1)c1cccc(Cl)c1Br. The highest BCUT2D eigenvalue weighted by Crippen LogP contribution is 2.29. The van der Waals surface area contributed by atoms with Gasteiger partial charge in [-0.1, -0.05) is 17.7 Å². The van der Waals surface area contributed by atoms with Crippen LogP contribution in [0, 0.1) is 0 Å².